The second-order valence-corrected chi connectivity index (χ2v) is 7.48. The number of rotatable bonds is 5. The van der Waals surface area contributed by atoms with E-state index >= 15 is 0 Å². The maximum Gasteiger partial charge on any atom is 0.114 e. The Hall–Kier alpha value is -1.20. The van der Waals surface area contributed by atoms with E-state index in [-0.39, 0.29) is 5.41 Å². The molecule has 5 heteroatoms. The van der Waals surface area contributed by atoms with Crippen LogP contribution in [0.1, 0.15) is 48.4 Å². The zero-order valence-electron chi connectivity index (χ0n) is 13.9. The Labute approximate surface area is 131 Å². The van der Waals surface area contributed by atoms with Crippen molar-refractivity contribution in [1.29, 1.82) is 0 Å². The monoisotopic (exact) mass is 306 g/mol. The molecule has 0 saturated carbocycles. The molecule has 0 atom stereocenters. The van der Waals surface area contributed by atoms with Gasteiger partial charge in [0.1, 0.15) is 5.01 Å². The lowest BCUT2D eigenvalue weighted by Crippen LogP contribution is -2.12. The summed E-state index contributed by atoms with van der Waals surface area (Å²) in [4.78, 5) is 4.76. The number of aromatic nitrogens is 3. The Morgan fingerprint density at radius 2 is 2.00 bits per heavy atom. The number of nitrogens with one attached hydrogen (secondary N) is 1. The molecule has 0 radical (unpaired) electrons. The van der Waals surface area contributed by atoms with Crippen molar-refractivity contribution < 1.29 is 0 Å². The SMILES string of the molecule is CNCCc1c(C)nn(Cc2nc(C(C)(C)C)cs2)c1C. The van der Waals surface area contributed by atoms with Crippen LogP contribution < -0.4 is 5.32 Å². The van der Waals surface area contributed by atoms with Gasteiger partial charge < -0.3 is 5.32 Å². The van der Waals surface area contributed by atoms with Crippen LogP contribution in [0.4, 0.5) is 0 Å². The molecule has 2 heterocycles. The van der Waals surface area contributed by atoms with Crippen LogP contribution in [0.5, 0.6) is 0 Å². The third-order valence-corrected chi connectivity index (χ3v) is 4.60. The minimum absolute atomic E-state index is 0.113. The van der Waals surface area contributed by atoms with E-state index in [0.717, 1.165) is 30.2 Å². The lowest BCUT2D eigenvalue weighted by Gasteiger charge is -2.14. The normalized spacial score (nSPS) is 12.1. The summed E-state index contributed by atoms with van der Waals surface area (Å²) in [5.41, 5.74) is 5.03. The minimum Gasteiger partial charge on any atom is -0.319 e. The highest BCUT2D eigenvalue weighted by atomic mass is 32.1. The van der Waals surface area contributed by atoms with Crippen molar-refractivity contribution in [3.63, 3.8) is 0 Å². The third kappa shape index (κ3) is 3.71. The molecule has 0 aromatic carbocycles. The Bertz CT molecular complexity index is 604. The summed E-state index contributed by atoms with van der Waals surface area (Å²) in [5, 5.41) is 11.2. The molecule has 2 aromatic heterocycles. The Kier molecular flexibility index (Phi) is 4.84. The standard InChI is InChI=1S/C16H26N4S/c1-11-13(7-8-17-6)12(2)20(19-11)9-15-18-14(10-21-15)16(3,4)5/h10,17H,7-9H2,1-6H3. The van der Waals surface area contributed by atoms with Gasteiger partial charge in [-0.15, -0.1) is 11.3 Å². The Morgan fingerprint density at radius 1 is 1.29 bits per heavy atom. The van der Waals surface area contributed by atoms with Crippen molar-refractivity contribution in [1.82, 2.24) is 20.1 Å². The summed E-state index contributed by atoms with van der Waals surface area (Å²) in [7, 11) is 1.98. The van der Waals surface area contributed by atoms with Crippen LogP contribution in [-0.4, -0.2) is 28.4 Å². The molecular formula is C16H26N4S. The van der Waals surface area contributed by atoms with Gasteiger partial charge in [-0.3, -0.25) is 4.68 Å². The van der Waals surface area contributed by atoms with Crippen LogP contribution in [0.25, 0.3) is 0 Å². The van der Waals surface area contributed by atoms with Gasteiger partial charge in [0.05, 0.1) is 17.9 Å². The van der Waals surface area contributed by atoms with Crippen molar-refractivity contribution in [2.75, 3.05) is 13.6 Å². The lowest BCUT2D eigenvalue weighted by molar-refractivity contribution is 0.567. The van der Waals surface area contributed by atoms with E-state index in [9.17, 15) is 0 Å². The second kappa shape index (κ2) is 6.28. The highest BCUT2D eigenvalue weighted by molar-refractivity contribution is 7.09. The lowest BCUT2D eigenvalue weighted by atomic mass is 9.93. The fraction of sp³-hybridized carbons (Fsp3) is 0.625. The van der Waals surface area contributed by atoms with Gasteiger partial charge in [-0.2, -0.15) is 5.10 Å². The van der Waals surface area contributed by atoms with E-state index in [1.54, 1.807) is 11.3 Å². The van der Waals surface area contributed by atoms with Crippen LogP contribution in [-0.2, 0) is 18.4 Å². The number of thiazole rings is 1. The van der Waals surface area contributed by atoms with Gasteiger partial charge in [0.2, 0.25) is 0 Å². The molecule has 2 rings (SSSR count). The topological polar surface area (TPSA) is 42.7 Å². The molecule has 0 spiro atoms. The average molecular weight is 306 g/mol. The molecule has 0 saturated heterocycles. The molecule has 0 aliphatic carbocycles. The van der Waals surface area contributed by atoms with E-state index in [0.29, 0.717) is 0 Å². The molecule has 0 fully saturated rings. The van der Waals surface area contributed by atoms with Crippen molar-refractivity contribution in [2.45, 2.75) is 53.0 Å². The van der Waals surface area contributed by atoms with Crippen molar-refractivity contribution >= 4 is 11.3 Å². The highest BCUT2D eigenvalue weighted by Crippen LogP contribution is 2.24. The first-order chi connectivity index (χ1) is 9.82. The average Bonchev–Trinajstić information content (AvgIpc) is 2.95. The summed E-state index contributed by atoms with van der Waals surface area (Å²) < 4.78 is 2.09. The summed E-state index contributed by atoms with van der Waals surface area (Å²) in [6, 6.07) is 0. The molecule has 0 bridgehead atoms. The Morgan fingerprint density at radius 3 is 2.57 bits per heavy atom. The first-order valence-electron chi connectivity index (χ1n) is 7.45. The molecular weight excluding hydrogens is 280 g/mol. The van der Waals surface area contributed by atoms with Crippen molar-refractivity contribution in [3.05, 3.63) is 33.0 Å². The smallest absolute Gasteiger partial charge is 0.114 e. The summed E-state index contributed by atoms with van der Waals surface area (Å²) in [6.45, 7) is 12.6. The van der Waals surface area contributed by atoms with Gasteiger partial charge in [0, 0.05) is 16.5 Å². The van der Waals surface area contributed by atoms with Gasteiger partial charge in [-0.25, -0.2) is 4.98 Å². The van der Waals surface area contributed by atoms with Crippen LogP contribution in [0.3, 0.4) is 0 Å². The summed E-state index contributed by atoms with van der Waals surface area (Å²) in [6.07, 6.45) is 1.03. The predicted octanol–water partition coefficient (Wildman–Crippen LogP) is 3.06. The molecule has 116 valence electrons. The zero-order valence-corrected chi connectivity index (χ0v) is 14.8. The van der Waals surface area contributed by atoms with Gasteiger partial charge in [-0.1, -0.05) is 20.8 Å². The van der Waals surface area contributed by atoms with Crippen LogP contribution in [0, 0.1) is 13.8 Å². The van der Waals surface area contributed by atoms with E-state index in [1.165, 1.54) is 17.0 Å². The van der Waals surface area contributed by atoms with E-state index < -0.39 is 0 Å². The number of nitrogens with zero attached hydrogens (tertiary/aromatic N) is 3. The number of hydrogen-bond acceptors (Lipinski definition) is 4. The molecule has 1 N–H and O–H groups in total. The van der Waals surface area contributed by atoms with Gasteiger partial charge >= 0.3 is 0 Å². The summed E-state index contributed by atoms with van der Waals surface area (Å²) in [5.74, 6) is 0. The molecule has 4 nitrogen and oxygen atoms in total. The molecule has 0 unspecified atom stereocenters. The van der Waals surface area contributed by atoms with Gasteiger partial charge in [0.25, 0.3) is 0 Å². The van der Waals surface area contributed by atoms with Crippen LogP contribution in [0.2, 0.25) is 0 Å². The van der Waals surface area contributed by atoms with Gasteiger partial charge in [-0.05, 0) is 39.4 Å². The molecule has 0 aliphatic heterocycles. The molecule has 0 aliphatic rings. The fourth-order valence-corrected chi connectivity index (χ4v) is 3.36. The van der Waals surface area contributed by atoms with Crippen LogP contribution in [0.15, 0.2) is 5.38 Å². The van der Waals surface area contributed by atoms with E-state index in [1.807, 2.05) is 7.05 Å². The maximum atomic E-state index is 4.76. The maximum absolute atomic E-state index is 4.76. The number of aryl methyl sites for hydroxylation is 1. The molecule has 2 aromatic rings. The van der Waals surface area contributed by atoms with E-state index in [4.69, 9.17) is 4.98 Å². The first-order valence-corrected chi connectivity index (χ1v) is 8.33. The highest BCUT2D eigenvalue weighted by Gasteiger charge is 2.18. The fourth-order valence-electron chi connectivity index (χ4n) is 2.36. The Balaban J connectivity index is 2.18. The quantitative estimate of drug-likeness (QED) is 0.923. The number of likely N-dealkylation sites (N-methyl/N-ethyl adjacent to an activating group) is 1. The first kappa shape index (κ1) is 16.2. The predicted molar refractivity (Wildman–Crippen MR) is 89.2 cm³/mol. The third-order valence-electron chi connectivity index (χ3n) is 3.76. The number of hydrogen-bond donors (Lipinski definition) is 1. The summed E-state index contributed by atoms with van der Waals surface area (Å²) >= 11 is 1.73. The minimum atomic E-state index is 0.113. The van der Waals surface area contributed by atoms with Crippen molar-refractivity contribution in [3.8, 4) is 0 Å². The largest absolute Gasteiger partial charge is 0.319 e. The van der Waals surface area contributed by atoms with Crippen molar-refractivity contribution in [2.24, 2.45) is 0 Å². The molecule has 0 amide bonds. The van der Waals surface area contributed by atoms with Gasteiger partial charge in [0.15, 0.2) is 0 Å². The second-order valence-electron chi connectivity index (χ2n) is 6.54. The zero-order chi connectivity index (χ0) is 15.6. The molecule has 21 heavy (non-hydrogen) atoms. The van der Waals surface area contributed by atoms with Crippen LogP contribution >= 0.6 is 11.3 Å². The van der Waals surface area contributed by atoms with E-state index in [2.05, 4.69) is 55.1 Å².